The summed E-state index contributed by atoms with van der Waals surface area (Å²) in [5.41, 5.74) is 5.81. The molecule has 0 aliphatic carbocycles. The molecule has 0 radical (unpaired) electrons. The van der Waals surface area contributed by atoms with Crippen LogP contribution in [0, 0.1) is 5.82 Å². The molecule has 2 heterocycles. The lowest BCUT2D eigenvalue weighted by atomic mass is 10.3. The molecule has 2 aromatic heterocycles. The highest BCUT2D eigenvalue weighted by molar-refractivity contribution is 5.94. The molecule has 0 aliphatic heterocycles. The number of nitrogens with two attached hydrogens (primary N) is 1. The molecule has 0 aromatic carbocycles. The molecular formula is C11H11FN4O2. The Morgan fingerprint density at radius 1 is 1.61 bits per heavy atom. The molecule has 6 nitrogen and oxygen atoms in total. The lowest BCUT2D eigenvalue weighted by Crippen LogP contribution is -2.10. The lowest BCUT2D eigenvalue weighted by Gasteiger charge is -2.04. The number of rotatable bonds is 3. The van der Waals surface area contributed by atoms with Crippen LogP contribution in [0.15, 0.2) is 24.5 Å². The quantitative estimate of drug-likeness (QED) is 0.826. The van der Waals surface area contributed by atoms with Crippen molar-refractivity contribution in [2.24, 2.45) is 0 Å². The average Bonchev–Trinajstić information content (AvgIpc) is 2.72. The zero-order valence-electron chi connectivity index (χ0n) is 9.63. The number of carbonyl (C=O) groups excluding carboxylic acids is 1. The first-order valence-corrected chi connectivity index (χ1v) is 5.26. The van der Waals surface area contributed by atoms with Gasteiger partial charge in [0.15, 0.2) is 11.6 Å². The second-order valence-electron chi connectivity index (χ2n) is 3.38. The highest BCUT2D eigenvalue weighted by Crippen LogP contribution is 2.18. The zero-order valence-corrected chi connectivity index (χ0v) is 9.63. The maximum atomic E-state index is 13.5. The summed E-state index contributed by atoms with van der Waals surface area (Å²) in [5.74, 6) is -1.25. The van der Waals surface area contributed by atoms with Crippen molar-refractivity contribution in [2.45, 2.75) is 6.92 Å². The minimum absolute atomic E-state index is 0.00829. The second-order valence-corrected chi connectivity index (χ2v) is 3.38. The molecule has 0 fully saturated rings. The molecule has 0 saturated heterocycles. The molecule has 2 N–H and O–H groups in total. The Morgan fingerprint density at radius 3 is 3.06 bits per heavy atom. The highest BCUT2D eigenvalue weighted by atomic mass is 19.1. The van der Waals surface area contributed by atoms with E-state index < -0.39 is 11.8 Å². The summed E-state index contributed by atoms with van der Waals surface area (Å²) in [6, 6.07) is 2.68. The number of hydrogen-bond donors (Lipinski definition) is 1. The van der Waals surface area contributed by atoms with E-state index in [1.165, 1.54) is 24.5 Å². The van der Waals surface area contributed by atoms with Gasteiger partial charge in [-0.05, 0) is 19.1 Å². The van der Waals surface area contributed by atoms with Gasteiger partial charge in [0.2, 0.25) is 0 Å². The van der Waals surface area contributed by atoms with Crippen molar-refractivity contribution in [2.75, 3.05) is 12.3 Å². The molecule has 0 aliphatic rings. The van der Waals surface area contributed by atoms with E-state index in [9.17, 15) is 9.18 Å². The minimum atomic E-state index is -0.599. The van der Waals surface area contributed by atoms with E-state index in [2.05, 4.69) is 10.1 Å². The van der Waals surface area contributed by atoms with Gasteiger partial charge in [-0.1, -0.05) is 0 Å². The van der Waals surface area contributed by atoms with Crippen molar-refractivity contribution in [3.63, 3.8) is 0 Å². The summed E-state index contributed by atoms with van der Waals surface area (Å²) in [6.45, 7) is 1.90. The van der Waals surface area contributed by atoms with Gasteiger partial charge in [-0.15, -0.1) is 0 Å². The molecule has 0 spiro atoms. The maximum absolute atomic E-state index is 13.5. The summed E-state index contributed by atoms with van der Waals surface area (Å²) >= 11 is 0. The van der Waals surface area contributed by atoms with E-state index in [4.69, 9.17) is 10.5 Å². The normalized spacial score (nSPS) is 10.3. The van der Waals surface area contributed by atoms with Crippen LogP contribution in [-0.2, 0) is 4.74 Å². The van der Waals surface area contributed by atoms with Crippen molar-refractivity contribution >= 4 is 11.8 Å². The van der Waals surface area contributed by atoms with E-state index in [0.29, 0.717) is 0 Å². The molecule has 0 bridgehead atoms. The molecule has 0 atom stereocenters. The summed E-state index contributed by atoms with van der Waals surface area (Å²) in [5, 5.41) is 3.84. The van der Waals surface area contributed by atoms with Crippen molar-refractivity contribution < 1.29 is 13.9 Å². The molecule has 2 rings (SSSR count). The van der Waals surface area contributed by atoms with Gasteiger partial charge in [-0.2, -0.15) is 9.78 Å². The van der Waals surface area contributed by atoms with Gasteiger partial charge in [0, 0.05) is 6.20 Å². The van der Waals surface area contributed by atoms with Crippen molar-refractivity contribution in [3.8, 4) is 5.82 Å². The molecule has 0 saturated carbocycles. The minimum Gasteiger partial charge on any atom is -0.462 e. The molecule has 2 aromatic rings. The van der Waals surface area contributed by atoms with Crippen molar-refractivity contribution in [3.05, 3.63) is 35.9 Å². The van der Waals surface area contributed by atoms with E-state index >= 15 is 0 Å². The van der Waals surface area contributed by atoms with Crippen molar-refractivity contribution in [1.82, 2.24) is 14.8 Å². The summed E-state index contributed by atoms with van der Waals surface area (Å²) in [4.78, 5) is 15.3. The van der Waals surface area contributed by atoms with Crippen molar-refractivity contribution in [1.29, 1.82) is 0 Å². The topological polar surface area (TPSA) is 83.0 Å². The molecule has 0 amide bonds. The van der Waals surface area contributed by atoms with Crippen LogP contribution in [0.25, 0.3) is 5.82 Å². The predicted octanol–water partition coefficient (Wildman–Crippen LogP) is 1.17. The predicted molar refractivity (Wildman–Crippen MR) is 61.7 cm³/mol. The zero-order chi connectivity index (χ0) is 13.1. The van der Waals surface area contributed by atoms with Crippen LogP contribution in [0.3, 0.4) is 0 Å². The van der Waals surface area contributed by atoms with E-state index in [-0.39, 0.29) is 23.8 Å². The van der Waals surface area contributed by atoms with Crippen LogP contribution >= 0.6 is 0 Å². The number of ether oxygens (including phenoxy) is 1. The Morgan fingerprint density at radius 2 is 2.39 bits per heavy atom. The fourth-order valence-corrected chi connectivity index (χ4v) is 1.43. The summed E-state index contributed by atoms with van der Waals surface area (Å²) in [6.07, 6.45) is 2.63. The third-order valence-electron chi connectivity index (χ3n) is 2.24. The van der Waals surface area contributed by atoms with Crippen LogP contribution < -0.4 is 5.73 Å². The first-order chi connectivity index (χ1) is 8.65. The number of aromatic nitrogens is 3. The third kappa shape index (κ3) is 2.02. The molecule has 0 unspecified atom stereocenters. The summed E-state index contributed by atoms with van der Waals surface area (Å²) < 4.78 is 19.4. The van der Waals surface area contributed by atoms with Gasteiger partial charge in [-0.3, -0.25) is 0 Å². The van der Waals surface area contributed by atoms with Gasteiger partial charge in [-0.25, -0.2) is 14.2 Å². The monoisotopic (exact) mass is 250 g/mol. The van der Waals surface area contributed by atoms with Gasteiger partial charge in [0.1, 0.15) is 11.4 Å². The number of esters is 1. The second kappa shape index (κ2) is 4.82. The maximum Gasteiger partial charge on any atom is 0.343 e. The fraction of sp³-hybridized carbons (Fsp3) is 0.182. The van der Waals surface area contributed by atoms with E-state index in [1.807, 2.05) is 0 Å². The van der Waals surface area contributed by atoms with Gasteiger partial charge in [0.05, 0.1) is 12.8 Å². The smallest absolute Gasteiger partial charge is 0.343 e. The van der Waals surface area contributed by atoms with Gasteiger partial charge < -0.3 is 10.5 Å². The van der Waals surface area contributed by atoms with E-state index in [1.54, 1.807) is 6.92 Å². The molecule has 94 valence electrons. The Labute approximate surface area is 102 Å². The number of hydrogen-bond acceptors (Lipinski definition) is 5. The first-order valence-electron chi connectivity index (χ1n) is 5.26. The van der Waals surface area contributed by atoms with Crippen LogP contribution in [0.2, 0.25) is 0 Å². The third-order valence-corrected chi connectivity index (χ3v) is 2.24. The first kappa shape index (κ1) is 12.0. The summed E-state index contributed by atoms with van der Waals surface area (Å²) in [7, 11) is 0. The standard InChI is InChI=1S/C11H11FN4O2/c1-2-18-11(17)7-6-15-16(9(7)13)10-8(12)4-3-5-14-10/h3-6H,2,13H2,1H3. The number of halogens is 1. The van der Waals surface area contributed by atoms with Crippen LogP contribution in [-0.4, -0.2) is 27.3 Å². The number of anilines is 1. The number of nitrogen functional groups attached to an aromatic ring is 1. The SMILES string of the molecule is CCOC(=O)c1cnn(-c2ncccc2F)c1N. The van der Waals surface area contributed by atoms with Crippen LogP contribution in [0.5, 0.6) is 0 Å². The van der Waals surface area contributed by atoms with Gasteiger partial charge >= 0.3 is 5.97 Å². The number of pyridine rings is 1. The number of carbonyl (C=O) groups is 1. The Bertz CT molecular complexity index is 582. The fourth-order valence-electron chi connectivity index (χ4n) is 1.43. The number of nitrogens with zero attached hydrogens (tertiary/aromatic N) is 3. The molecular weight excluding hydrogens is 239 g/mol. The Hall–Kier alpha value is -2.44. The Kier molecular flexibility index (Phi) is 3.22. The molecule has 7 heteroatoms. The van der Waals surface area contributed by atoms with Gasteiger partial charge in [0.25, 0.3) is 0 Å². The average molecular weight is 250 g/mol. The van der Waals surface area contributed by atoms with Crippen LogP contribution in [0.4, 0.5) is 10.2 Å². The van der Waals surface area contributed by atoms with E-state index in [0.717, 1.165) is 4.68 Å². The Balaban J connectivity index is 2.43. The lowest BCUT2D eigenvalue weighted by molar-refractivity contribution is 0.0527. The molecule has 18 heavy (non-hydrogen) atoms. The highest BCUT2D eigenvalue weighted by Gasteiger charge is 2.19. The van der Waals surface area contributed by atoms with Crippen LogP contribution in [0.1, 0.15) is 17.3 Å². The largest absolute Gasteiger partial charge is 0.462 e.